The smallest absolute Gasteiger partial charge is 0.264 e. The van der Waals surface area contributed by atoms with Gasteiger partial charge in [0.2, 0.25) is 6.79 Å². The summed E-state index contributed by atoms with van der Waals surface area (Å²) in [5.41, 5.74) is 1.02. The van der Waals surface area contributed by atoms with Crippen LogP contribution in [0.1, 0.15) is 11.8 Å². The maximum atomic E-state index is 13.2. The minimum absolute atomic E-state index is 0. The van der Waals surface area contributed by atoms with Crippen LogP contribution in [0, 0.1) is 0 Å². The fourth-order valence-corrected chi connectivity index (χ4v) is 4.36. The molecule has 1 aliphatic rings. The first-order valence-electron chi connectivity index (χ1n) is 8.81. The number of benzene rings is 3. The first kappa shape index (κ1) is 18.8. The van der Waals surface area contributed by atoms with Crippen molar-refractivity contribution in [3.63, 3.8) is 0 Å². The molecule has 0 spiro atoms. The number of hydrogen-bond acceptors (Lipinski definition) is 5. The van der Waals surface area contributed by atoms with Gasteiger partial charge in [0.15, 0.2) is 11.5 Å². The summed E-state index contributed by atoms with van der Waals surface area (Å²) < 4.78 is 38.1. The quantitative estimate of drug-likeness (QED) is 0.690. The van der Waals surface area contributed by atoms with Crippen molar-refractivity contribution in [3.05, 3.63) is 78.4 Å². The highest BCUT2D eigenvalue weighted by molar-refractivity contribution is 7.92. The molecule has 0 atom stereocenters. The number of nitrogens with zero attached hydrogens (tertiary/aromatic N) is 1. The topological polar surface area (TPSA) is 84.9 Å². The van der Waals surface area contributed by atoms with E-state index < -0.39 is 15.9 Å². The SMILES string of the molecule is CN(c1ccccc1)S(=O)(=O)c1ccccc1C(=O)Nc1ccc2c(c1)OCO2.[HH]. The molecule has 0 saturated carbocycles. The Morgan fingerprint density at radius 2 is 1.66 bits per heavy atom. The van der Waals surface area contributed by atoms with Gasteiger partial charge in [-0.1, -0.05) is 30.3 Å². The Kier molecular flexibility index (Phi) is 4.85. The molecule has 29 heavy (non-hydrogen) atoms. The van der Waals surface area contributed by atoms with Crippen molar-refractivity contribution in [1.82, 2.24) is 0 Å². The summed E-state index contributed by atoms with van der Waals surface area (Å²) in [5.74, 6) is 0.576. The van der Waals surface area contributed by atoms with Crippen molar-refractivity contribution in [2.24, 2.45) is 0 Å². The van der Waals surface area contributed by atoms with E-state index >= 15 is 0 Å². The minimum Gasteiger partial charge on any atom is -0.454 e. The van der Waals surface area contributed by atoms with Gasteiger partial charge in [-0.25, -0.2) is 8.42 Å². The third kappa shape index (κ3) is 3.62. The van der Waals surface area contributed by atoms with Crippen molar-refractivity contribution < 1.29 is 24.1 Å². The number of rotatable bonds is 5. The molecule has 1 amide bonds. The first-order valence-corrected chi connectivity index (χ1v) is 10.2. The van der Waals surface area contributed by atoms with Gasteiger partial charge in [0, 0.05) is 20.2 Å². The van der Waals surface area contributed by atoms with Gasteiger partial charge in [-0.15, -0.1) is 0 Å². The van der Waals surface area contributed by atoms with Gasteiger partial charge in [-0.05, 0) is 36.4 Å². The third-order valence-electron chi connectivity index (χ3n) is 4.52. The van der Waals surface area contributed by atoms with Gasteiger partial charge >= 0.3 is 0 Å². The zero-order chi connectivity index (χ0) is 20.4. The Labute approximate surface area is 170 Å². The molecule has 0 aliphatic carbocycles. The van der Waals surface area contributed by atoms with Crippen LogP contribution in [0.3, 0.4) is 0 Å². The third-order valence-corrected chi connectivity index (χ3v) is 6.36. The number of anilines is 2. The number of para-hydroxylation sites is 1. The molecule has 0 radical (unpaired) electrons. The van der Waals surface area contributed by atoms with Crippen LogP contribution in [0.5, 0.6) is 11.5 Å². The number of fused-ring (bicyclic) bond motifs is 1. The largest absolute Gasteiger partial charge is 0.454 e. The Hall–Kier alpha value is -3.52. The van der Waals surface area contributed by atoms with E-state index in [1.807, 2.05) is 0 Å². The van der Waals surface area contributed by atoms with Crippen LogP contribution in [0.2, 0.25) is 0 Å². The zero-order valence-electron chi connectivity index (χ0n) is 15.5. The molecule has 3 aromatic carbocycles. The second kappa shape index (κ2) is 7.48. The van der Waals surface area contributed by atoms with Crippen molar-refractivity contribution in [2.45, 2.75) is 4.90 Å². The highest BCUT2D eigenvalue weighted by Crippen LogP contribution is 2.34. The molecule has 3 aromatic rings. The van der Waals surface area contributed by atoms with E-state index in [4.69, 9.17) is 9.47 Å². The van der Waals surface area contributed by atoms with Crippen LogP contribution >= 0.6 is 0 Å². The molecular formula is C21H20N2O5S. The first-order chi connectivity index (χ1) is 14.0. The zero-order valence-corrected chi connectivity index (χ0v) is 16.3. The average molecular weight is 412 g/mol. The lowest BCUT2D eigenvalue weighted by molar-refractivity contribution is 0.102. The van der Waals surface area contributed by atoms with Crippen molar-refractivity contribution >= 4 is 27.3 Å². The highest BCUT2D eigenvalue weighted by atomic mass is 32.2. The second-order valence-electron chi connectivity index (χ2n) is 6.33. The molecule has 1 heterocycles. The molecule has 4 rings (SSSR count). The standard InChI is InChI=1S/C21H18N2O5S.H2/c1-23(16-7-3-2-4-8-16)29(25,26)20-10-6-5-9-17(20)21(24)22-15-11-12-18-19(13-15)28-14-27-18;/h2-13H,14H2,1H3,(H,22,24);1H. The summed E-state index contributed by atoms with van der Waals surface area (Å²) in [6.07, 6.45) is 0. The van der Waals surface area contributed by atoms with Crippen LogP contribution in [0.4, 0.5) is 11.4 Å². The van der Waals surface area contributed by atoms with E-state index in [0.29, 0.717) is 22.9 Å². The summed E-state index contributed by atoms with van der Waals surface area (Å²) in [5, 5.41) is 2.72. The fraction of sp³-hybridized carbons (Fsp3) is 0.0952. The van der Waals surface area contributed by atoms with Crippen LogP contribution in [0.15, 0.2) is 77.7 Å². The number of carbonyl (C=O) groups excluding carboxylic acids is 1. The Morgan fingerprint density at radius 1 is 0.966 bits per heavy atom. The van der Waals surface area contributed by atoms with Gasteiger partial charge in [0.25, 0.3) is 15.9 Å². The maximum absolute atomic E-state index is 13.2. The second-order valence-corrected chi connectivity index (χ2v) is 8.26. The predicted octanol–water partition coefficient (Wildman–Crippen LogP) is 3.74. The summed E-state index contributed by atoms with van der Waals surface area (Å²) in [7, 11) is -2.49. The molecule has 0 bridgehead atoms. The molecule has 150 valence electrons. The summed E-state index contributed by atoms with van der Waals surface area (Å²) in [4.78, 5) is 12.8. The van der Waals surface area contributed by atoms with E-state index in [0.717, 1.165) is 4.31 Å². The lowest BCUT2D eigenvalue weighted by Gasteiger charge is -2.21. The van der Waals surface area contributed by atoms with Crippen molar-refractivity contribution in [3.8, 4) is 11.5 Å². The van der Waals surface area contributed by atoms with Gasteiger partial charge in [-0.2, -0.15) is 0 Å². The summed E-state index contributed by atoms with van der Waals surface area (Å²) in [6, 6.07) is 19.8. The molecule has 0 aromatic heterocycles. The van der Waals surface area contributed by atoms with Gasteiger partial charge < -0.3 is 14.8 Å². The van der Waals surface area contributed by atoms with Crippen LogP contribution in [-0.2, 0) is 10.0 Å². The predicted molar refractivity (Wildman–Crippen MR) is 111 cm³/mol. The summed E-state index contributed by atoms with van der Waals surface area (Å²) >= 11 is 0. The Balaban J connectivity index is 0.00000256. The number of carbonyl (C=O) groups is 1. The maximum Gasteiger partial charge on any atom is 0.264 e. The van der Waals surface area contributed by atoms with Crippen LogP contribution in [-0.4, -0.2) is 28.2 Å². The lowest BCUT2D eigenvalue weighted by Crippen LogP contribution is -2.28. The molecule has 8 heteroatoms. The fourth-order valence-electron chi connectivity index (χ4n) is 2.98. The molecule has 7 nitrogen and oxygen atoms in total. The highest BCUT2D eigenvalue weighted by Gasteiger charge is 2.27. The Bertz CT molecular complexity index is 1170. The number of hydrogen-bond donors (Lipinski definition) is 1. The van der Waals surface area contributed by atoms with Gasteiger partial charge in [-0.3, -0.25) is 9.10 Å². The minimum atomic E-state index is -3.94. The molecule has 1 N–H and O–H groups in total. The van der Waals surface area contributed by atoms with E-state index in [1.54, 1.807) is 60.7 Å². The molecule has 1 aliphatic heterocycles. The van der Waals surface area contributed by atoms with E-state index in [1.165, 1.54) is 19.2 Å². The lowest BCUT2D eigenvalue weighted by atomic mass is 10.2. The van der Waals surface area contributed by atoms with Crippen molar-refractivity contribution in [1.29, 1.82) is 0 Å². The molecular weight excluding hydrogens is 392 g/mol. The Morgan fingerprint density at radius 3 is 2.45 bits per heavy atom. The average Bonchev–Trinajstić information content (AvgIpc) is 3.21. The van der Waals surface area contributed by atoms with E-state index in [-0.39, 0.29) is 18.7 Å². The number of nitrogens with one attached hydrogen (secondary N) is 1. The molecule has 0 unspecified atom stereocenters. The summed E-state index contributed by atoms with van der Waals surface area (Å²) in [6.45, 7) is 0.125. The number of sulfonamides is 1. The normalized spacial score (nSPS) is 12.4. The van der Waals surface area contributed by atoms with Crippen LogP contribution < -0.4 is 19.1 Å². The number of amides is 1. The number of ether oxygens (including phenoxy) is 2. The van der Waals surface area contributed by atoms with Crippen LogP contribution in [0.25, 0.3) is 0 Å². The molecule has 0 saturated heterocycles. The van der Waals surface area contributed by atoms with Crippen molar-refractivity contribution in [2.75, 3.05) is 23.5 Å². The van der Waals surface area contributed by atoms with Gasteiger partial charge in [0.05, 0.1) is 11.3 Å². The van der Waals surface area contributed by atoms with Gasteiger partial charge in [0.1, 0.15) is 4.90 Å². The molecule has 0 fully saturated rings. The monoisotopic (exact) mass is 412 g/mol. The van der Waals surface area contributed by atoms with E-state index in [9.17, 15) is 13.2 Å². The van der Waals surface area contributed by atoms with E-state index in [2.05, 4.69) is 5.32 Å².